The van der Waals surface area contributed by atoms with Crippen LogP contribution in [0.15, 0.2) is 12.4 Å². The first-order valence-corrected chi connectivity index (χ1v) is 6.58. The second-order valence-corrected chi connectivity index (χ2v) is 4.13. The molecule has 1 aromatic rings. The molecule has 4 nitrogen and oxygen atoms in total. The monoisotopic (exact) mass is 236 g/mol. The largest absolute Gasteiger partial charge is 0.356 e. The van der Waals surface area contributed by atoms with Crippen LogP contribution in [-0.2, 0) is 6.54 Å². The third kappa shape index (κ3) is 4.69. The third-order valence-corrected chi connectivity index (χ3v) is 2.60. The van der Waals surface area contributed by atoms with Crippen LogP contribution < -0.4 is 10.2 Å². The van der Waals surface area contributed by atoms with E-state index in [9.17, 15) is 0 Å². The fourth-order valence-electron chi connectivity index (χ4n) is 1.73. The second kappa shape index (κ2) is 8.01. The van der Waals surface area contributed by atoms with Gasteiger partial charge in [0, 0.05) is 25.8 Å². The van der Waals surface area contributed by atoms with Gasteiger partial charge >= 0.3 is 0 Å². The summed E-state index contributed by atoms with van der Waals surface area (Å²) in [5, 5.41) is 3.35. The molecular weight excluding hydrogens is 212 g/mol. The Morgan fingerprint density at radius 2 is 2.00 bits per heavy atom. The van der Waals surface area contributed by atoms with Crippen LogP contribution in [0.4, 0.5) is 5.82 Å². The molecule has 0 aliphatic carbocycles. The summed E-state index contributed by atoms with van der Waals surface area (Å²) >= 11 is 0. The summed E-state index contributed by atoms with van der Waals surface area (Å²) < 4.78 is 0. The van der Waals surface area contributed by atoms with Crippen molar-refractivity contribution >= 4 is 5.82 Å². The van der Waals surface area contributed by atoms with Gasteiger partial charge in [-0.2, -0.15) is 0 Å². The van der Waals surface area contributed by atoms with Crippen molar-refractivity contribution < 1.29 is 0 Å². The van der Waals surface area contributed by atoms with Crippen LogP contribution in [0.25, 0.3) is 0 Å². The summed E-state index contributed by atoms with van der Waals surface area (Å²) in [4.78, 5) is 11.2. The summed E-state index contributed by atoms with van der Waals surface area (Å²) in [7, 11) is 0. The number of anilines is 1. The molecule has 0 aliphatic heterocycles. The van der Waals surface area contributed by atoms with E-state index in [1.165, 1.54) is 0 Å². The van der Waals surface area contributed by atoms with Crippen LogP contribution in [0.2, 0.25) is 0 Å². The van der Waals surface area contributed by atoms with Crippen molar-refractivity contribution in [3.8, 4) is 0 Å². The van der Waals surface area contributed by atoms with Crippen molar-refractivity contribution in [3.05, 3.63) is 18.1 Å². The van der Waals surface area contributed by atoms with E-state index in [2.05, 4.69) is 41.0 Å². The Hall–Kier alpha value is -1.16. The Bertz CT molecular complexity index is 314. The predicted molar refractivity (Wildman–Crippen MR) is 72.2 cm³/mol. The lowest BCUT2D eigenvalue weighted by Crippen LogP contribution is -2.25. The van der Waals surface area contributed by atoms with Gasteiger partial charge in [0.1, 0.15) is 5.82 Å². The maximum atomic E-state index is 4.64. The molecule has 1 N–H and O–H groups in total. The average Bonchev–Trinajstić information content (AvgIpc) is 2.36. The number of nitrogens with zero attached hydrogens (tertiary/aromatic N) is 3. The summed E-state index contributed by atoms with van der Waals surface area (Å²) in [6.07, 6.45) is 5.96. The molecule has 4 heteroatoms. The van der Waals surface area contributed by atoms with Gasteiger partial charge in [-0.05, 0) is 26.3 Å². The minimum Gasteiger partial charge on any atom is -0.356 e. The van der Waals surface area contributed by atoms with E-state index in [1.54, 1.807) is 0 Å². The number of hydrogen-bond acceptors (Lipinski definition) is 4. The molecule has 0 radical (unpaired) electrons. The fourth-order valence-corrected chi connectivity index (χ4v) is 1.73. The van der Waals surface area contributed by atoms with Gasteiger partial charge in [-0.15, -0.1) is 0 Å². The average molecular weight is 236 g/mol. The molecule has 0 amide bonds. The molecular formula is C13H24N4. The van der Waals surface area contributed by atoms with E-state index in [1.807, 2.05) is 12.4 Å². The molecule has 0 atom stereocenters. The zero-order valence-corrected chi connectivity index (χ0v) is 11.2. The van der Waals surface area contributed by atoms with Crippen molar-refractivity contribution in [2.75, 3.05) is 24.5 Å². The van der Waals surface area contributed by atoms with Gasteiger partial charge in [-0.3, -0.25) is 4.98 Å². The van der Waals surface area contributed by atoms with Crippen LogP contribution in [-0.4, -0.2) is 29.6 Å². The quantitative estimate of drug-likeness (QED) is 0.703. The van der Waals surface area contributed by atoms with Gasteiger partial charge in [0.25, 0.3) is 0 Å². The Kier molecular flexibility index (Phi) is 6.55. The minimum atomic E-state index is 0.804. The van der Waals surface area contributed by atoms with Gasteiger partial charge < -0.3 is 10.2 Å². The van der Waals surface area contributed by atoms with E-state index >= 15 is 0 Å². The van der Waals surface area contributed by atoms with Crippen LogP contribution in [0.1, 0.15) is 39.3 Å². The lowest BCUT2D eigenvalue weighted by atomic mass is 10.3. The van der Waals surface area contributed by atoms with E-state index < -0.39 is 0 Å². The molecule has 1 heterocycles. The molecule has 0 aliphatic rings. The maximum Gasteiger partial charge on any atom is 0.147 e. The predicted octanol–water partition coefficient (Wildman–Crippen LogP) is 2.21. The molecule has 0 aromatic carbocycles. The number of hydrogen-bond donors (Lipinski definition) is 1. The lowest BCUT2D eigenvalue weighted by Gasteiger charge is -2.21. The first-order valence-electron chi connectivity index (χ1n) is 6.58. The summed E-state index contributed by atoms with van der Waals surface area (Å²) in [5.74, 6) is 0.991. The highest BCUT2D eigenvalue weighted by Crippen LogP contribution is 2.09. The van der Waals surface area contributed by atoms with Gasteiger partial charge in [0.15, 0.2) is 0 Å². The Morgan fingerprint density at radius 3 is 2.65 bits per heavy atom. The highest BCUT2D eigenvalue weighted by atomic mass is 15.2. The number of aromatic nitrogens is 2. The first-order chi connectivity index (χ1) is 8.31. The molecule has 96 valence electrons. The topological polar surface area (TPSA) is 41.1 Å². The highest BCUT2D eigenvalue weighted by Gasteiger charge is 2.05. The standard InChI is InChI=1S/C13H24N4/c1-4-7-14-9-12-10-15-11-13(16-12)17(6-3)8-5-2/h10-11,14H,4-9H2,1-3H3. The summed E-state index contributed by atoms with van der Waals surface area (Å²) in [5.41, 5.74) is 1.02. The summed E-state index contributed by atoms with van der Waals surface area (Å²) in [6.45, 7) is 10.3. The third-order valence-electron chi connectivity index (χ3n) is 2.60. The van der Waals surface area contributed by atoms with Gasteiger partial charge in [0.05, 0.1) is 11.9 Å². The van der Waals surface area contributed by atoms with Gasteiger partial charge in [-0.25, -0.2) is 4.98 Å². The van der Waals surface area contributed by atoms with E-state index in [-0.39, 0.29) is 0 Å². The maximum absolute atomic E-state index is 4.64. The smallest absolute Gasteiger partial charge is 0.147 e. The zero-order chi connectivity index (χ0) is 12.5. The minimum absolute atomic E-state index is 0.804. The van der Waals surface area contributed by atoms with Crippen molar-refractivity contribution in [1.82, 2.24) is 15.3 Å². The number of nitrogens with one attached hydrogen (secondary N) is 1. The van der Waals surface area contributed by atoms with Crippen molar-refractivity contribution in [3.63, 3.8) is 0 Å². The van der Waals surface area contributed by atoms with Crippen LogP contribution in [0, 0.1) is 0 Å². The Morgan fingerprint density at radius 1 is 1.18 bits per heavy atom. The van der Waals surface area contributed by atoms with Crippen molar-refractivity contribution in [1.29, 1.82) is 0 Å². The van der Waals surface area contributed by atoms with Crippen LogP contribution >= 0.6 is 0 Å². The SMILES string of the molecule is CCCNCc1cncc(N(CC)CCC)n1. The van der Waals surface area contributed by atoms with E-state index in [0.29, 0.717) is 0 Å². The van der Waals surface area contributed by atoms with Gasteiger partial charge in [-0.1, -0.05) is 13.8 Å². The fraction of sp³-hybridized carbons (Fsp3) is 0.692. The highest BCUT2D eigenvalue weighted by molar-refractivity contribution is 5.35. The molecule has 17 heavy (non-hydrogen) atoms. The second-order valence-electron chi connectivity index (χ2n) is 4.13. The Labute approximate surface area is 104 Å². The molecule has 1 aromatic heterocycles. The first kappa shape index (κ1) is 13.9. The number of rotatable bonds is 8. The van der Waals surface area contributed by atoms with Crippen molar-refractivity contribution in [2.45, 2.75) is 40.2 Å². The lowest BCUT2D eigenvalue weighted by molar-refractivity contribution is 0.659. The van der Waals surface area contributed by atoms with E-state index in [4.69, 9.17) is 0 Å². The molecule has 0 spiro atoms. The Balaban J connectivity index is 2.63. The normalized spacial score (nSPS) is 10.5. The summed E-state index contributed by atoms with van der Waals surface area (Å²) in [6, 6.07) is 0. The van der Waals surface area contributed by atoms with Crippen LogP contribution in [0.3, 0.4) is 0 Å². The van der Waals surface area contributed by atoms with E-state index in [0.717, 1.165) is 50.5 Å². The van der Waals surface area contributed by atoms with Crippen LogP contribution in [0.5, 0.6) is 0 Å². The molecule has 0 bridgehead atoms. The molecule has 1 rings (SSSR count). The zero-order valence-electron chi connectivity index (χ0n) is 11.2. The molecule has 0 fully saturated rings. The molecule has 0 unspecified atom stereocenters. The molecule has 0 saturated heterocycles. The molecule has 0 saturated carbocycles. The van der Waals surface area contributed by atoms with Crippen molar-refractivity contribution in [2.24, 2.45) is 0 Å². The van der Waals surface area contributed by atoms with Gasteiger partial charge in [0.2, 0.25) is 0 Å².